The van der Waals surface area contributed by atoms with Crippen molar-refractivity contribution in [3.8, 4) is 5.75 Å². The summed E-state index contributed by atoms with van der Waals surface area (Å²) in [6.45, 7) is 9.12. The molecule has 2 radical (unpaired) electrons. The van der Waals surface area contributed by atoms with E-state index in [1.807, 2.05) is 53.4 Å². The number of benzene rings is 3. The van der Waals surface area contributed by atoms with Crippen LogP contribution in [0.25, 0.3) is 0 Å². The highest BCUT2D eigenvalue weighted by Gasteiger charge is 2.30. The second-order valence-corrected chi connectivity index (χ2v) is 8.44. The molecule has 0 amide bonds. The van der Waals surface area contributed by atoms with E-state index in [1.54, 1.807) is 7.11 Å². The Hall–Kier alpha value is -3.18. The molecule has 162 valence electrons. The van der Waals surface area contributed by atoms with E-state index < -0.39 is 0 Å². The average Bonchev–Trinajstić information content (AvgIpc) is 2.83. The maximum atomic E-state index is 6.21. The maximum Gasteiger partial charge on any atom is 0.207 e. The first-order valence-corrected chi connectivity index (χ1v) is 11.1. The summed E-state index contributed by atoms with van der Waals surface area (Å²) in [5, 5.41) is 0.764. The Bertz CT molecular complexity index is 1150. The van der Waals surface area contributed by atoms with Crippen LogP contribution in [0.1, 0.15) is 11.1 Å². The zero-order valence-corrected chi connectivity index (χ0v) is 19.0. The van der Waals surface area contributed by atoms with Crippen LogP contribution in [0.4, 0.5) is 17.1 Å². The Morgan fingerprint density at radius 1 is 0.906 bits per heavy atom. The summed E-state index contributed by atoms with van der Waals surface area (Å²) in [7, 11) is 1.70. The Kier molecular flexibility index (Phi) is 5.66. The summed E-state index contributed by atoms with van der Waals surface area (Å²) in [6, 6.07) is 22.3. The fourth-order valence-electron chi connectivity index (χ4n) is 4.19. The summed E-state index contributed by atoms with van der Waals surface area (Å²) in [6.07, 6.45) is 0. The molecule has 2 heterocycles. The molecule has 2 aliphatic rings. The van der Waals surface area contributed by atoms with Crippen LogP contribution in [0.2, 0.25) is 5.02 Å². The lowest BCUT2D eigenvalue weighted by molar-refractivity contribution is 0.379. The van der Waals surface area contributed by atoms with E-state index >= 15 is 0 Å². The van der Waals surface area contributed by atoms with E-state index in [-0.39, 0.29) is 0 Å². The highest BCUT2D eigenvalue weighted by atomic mass is 35.5. The molecular formula is C26H25ClN4O. The molecule has 0 aromatic heterocycles. The molecule has 0 bridgehead atoms. The summed E-state index contributed by atoms with van der Waals surface area (Å²) in [5.41, 5.74) is 5.16. The van der Waals surface area contributed by atoms with Crippen molar-refractivity contribution in [2.45, 2.75) is 6.92 Å². The number of aliphatic imine (C=N–C) groups is 1. The van der Waals surface area contributed by atoms with Crippen LogP contribution in [0.3, 0.4) is 0 Å². The zero-order valence-electron chi connectivity index (χ0n) is 18.3. The van der Waals surface area contributed by atoms with E-state index in [0.717, 1.165) is 71.1 Å². The molecule has 5 rings (SSSR count). The van der Waals surface area contributed by atoms with Gasteiger partial charge in [-0.05, 0) is 48.9 Å². The van der Waals surface area contributed by atoms with Gasteiger partial charge in [-0.25, -0.2) is 4.99 Å². The molecule has 1 fully saturated rings. The number of hydrogen-bond acceptors (Lipinski definition) is 5. The summed E-state index contributed by atoms with van der Waals surface area (Å²) in [4.78, 5) is 11.8. The van der Waals surface area contributed by atoms with Gasteiger partial charge in [0, 0.05) is 42.5 Å². The normalized spacial score (nSPS) is 16.0. The maximum absolute atomic E-state index is 6.21. The molecule has 2 aliphatic heterocycles. The largest absolute Gasteiger partial charge is 0.495 e. The van der Waals surface area contributed by atoms with E-state index in [9.17, 15) is 0 Å². The van der Waals surface area contributed by atoms with Gasteiger partial charge < -0.3 is 14.5 Å². The van der Waals surface area contributed by atoms with Crippen molar-refractivity contribution < 1.29 is 4.74 Å². The topological polar surface area (TPSA) is 31.3 Å². The van der Waals surface area contributed by atoms with E-state index in [4.69, 9.17) is 21.3 Å². The second kappa shape index (κ2) is 8.75. The van der Waals surface area contributed by atoms with Crippen LogP contribution in [0, 0.1) is 13.5 Å². The summed E-state index contributed by atoms with van der Waals surface area (Å²) < 4.78 is 5.69. The molecule has 32 heavy (non-hydrogen) atoms. The molecule has 0 spiro atoms. The average molecular weight is 445 g/mol. The highest BCUT2D eigenvalue weighted by molar-refractivity contribution is 6.30. The van der Waals surface area contributed by atoms with Crippen LogP contribution in [0.5, 0.6) is 5.75 Å². The fraction of sp³-hybridized carbons (Fsp3) is 0.231. The standard InChI is InChI=1S/C26H25ClN4O/c1-19-10-11-25(32-2)24(16-19)31-18-20-6-3-4-9-23(20)28-26(31)30-14-12-29(13-15-30)22-8-5-7-21(27)17-22/h3-11,16-17H,12-15H2,1-2H3. The number of guanidine groups is 1. The van der Waals surface area contributed by atoms with Gasteiger partial charge in [0.05, 0.1) is 18.5 Å². The molecular weight excluding hydrogens is 420 g/mol. The lowest BCUT2D eigenvalue weighted by Crippen LogP contribution is -2.54. The Balaban J connectivity index is 1.46. The lowest BCUT2D eigenvalue weighted by Gasteiger charge is -2.42. The Morgan fingerprint density at radius 2 is 1.69 bits per heavy atom. The first kappa shape index (κ1) is 20.7. The van der Waals surface area contributed by atoms with Gasteiger partial charge in [-0.2, -0.15) is 0 Å². The first-order chi connectivity index (χ1) is 15.6. The Labute approximate surface area is 194 Å². The van der Waals surface area contributed by atoms with Gasteiger partial charge in [0.15, 0.2) is 0 Å². The zero-order chi connectivity index (χ0) is 22.1. The van der Waals surface area contributed by atoms with Crippen molar-refractivity contribution in [2.24, 2.45) is 4.99 Å². The predicted octanol–water partition coefficient (Wildman–Crippen LogP) is 5.37. The SMILES string of the molecule is COc1ccc(C)cc1N1[C]c2ccccc2N=C1N1CCN(c2cccc(Cl)c2)CC1. The number of piperazine rings is 1. The predicted molar refractivity (Wildman–Crippen MR) is 131 cm³/mol. The van der Waals surface area contributed by atoms with Gasteiger partial charge in [-0.3, -0.25) is 4.90 Å². The third-order valence-corrected chi connectivity index (χ3v) is 6.10. The molecule has 6 heteroatoms. The van der Waals surface area contributed by atoms with Gasteiger partial charge in [0.25, 0.3) is 0 Å². The number of rotatable bonds is 3. The quantitative estimate of drug-likeness (QED) is 0.543. The van der Waals surface area contributed by atoms with Crippen LogP contribution in [-0.4, -0.2) is 44.1 Å². The molecule has 1 saturated heterocycles. The van der Waals surface area contributed by atoms with Crippen LogP contribution in [-0.2, 0) is 0 Å². The van der Waals surface area contributed by atoms with E-state index in [0.29, 0.717) is 0 Å². The number of aryl methyl sites for hydroxylation is 1. The minimum atomic E-state index is 0.764. The van der Waals surface area contributed by atoms with E-state index in [2.05, 4.69) is 41.5 Å². The van der Waals surface area contributed by atoms with Crippen molar-refractivity contribution in [1.82, 2.24) is 4.90 Å². The summed E-state index contributed by atoms with van der Waals surface area (Å²) >= 11 is 6.21. The molecule has 3 aromatic rings. The van der Waals surface area contributed by atoms with Crippen LogP contribution < -0.4 is 14.5 Å². The third-order valence-electron chi connectivity index (χ3n) is 5.87. The smallest absolute Gasteiger partial charge is 0.207 e. The number of methoxy groups -OCH3 is 1. The van der Waals surface area contributed by atoms with Crippen molar-refractivity contribution in [1.29, 1.82) is 0 Å². The number of anilines is 2. The van der Waals surface area contributed by atoms with E-state index in [1.165, 1.54) is 0 Å². The van der Waals surface area contributed by atoms with Crippen molar-refractivity contribution in [3.63, 3.8) is 0 Å². The van der Waals surface area contributed by atoms with Crippen molar-refractivity contribution in [3.05, 3.63) is 89.4 Å². The molecule has 0 N–H and O–H groups in total. The molecule has 3 aromatic carbocycles. The number of hydrogen-bond donors (Lipinski definition) is 0. The molecule has 0 aliphatic carbocycles. The highest BCUT2D eigenvalue weighted by Crippen LogP contribution is 2.37. The van der Waals surface area contributed by atoms with Gasteiger partial charge in [0.2, 0.25) is 5.96 Å². The van der Waals surface area contributed by atoms with Gasteiger partial charge in [-0.15, -0.1) is 0 Å². The molecule has 0 saturated carbocycles. The van der Waals surface area contributed by atoms with Gasteiger partial charge in [-0.1, -0.05) is 41.9 Å². The summed E-state index contributed by atoms with van der Waals surface area (Å²) in [5.74, 6) is 1.67. The van der Waals surface area contributed by atoms with Gasteiger partial charge in [0.1, 0.15) is 12.3 Å². The van der Waals surface area contributed by atoms with Crippen LogP contribution >= 0.6 is 11.6 Å². The third kappa shape index (κ3) is 4.00. The second-order valence-electron chi connectivity index (χ2n) is 8.01. The minimum absolute atomic E-state index is 0.764. The number of nitrogens with zero attached hydrogens (tertiary/aromatic N) is 4. The lowest BCUT2D eigenvalue weighted by atomic mass is 10.1. The number of ether oxygens (including phenoxy) is 1. The molecule has 0 atom stereocenters. The monoisotopic (exact) mass is 444 g/mol. The Morgan fingerprint density at radius 3 is 2.47 bits per heavy atom. The van der Waals surface area contributed by atoms with Crippen molar-refractivity contribution in [2.75, 3.05) is 43.1 Å². The molecule has 5 nitrogen and oxygen atoms in total. The number of fused-ring (bicyclic) bond motifs is 1. The van der Waals surface area contributed by atoms with Crippen LogP contribution in [0.15, 0.2) is 71.7 Å². The molecule has 0 unspecified atom stereocenters. The first-order valence-electron chi connectivity index (χ1n) is 10.8. The van der Waals surface area contributed by atoms with Gasteiger partial charge >= 0.3 is 0 Å². The number of halogens is 1. The minimum Gasteiger partial charge on any atom is -0.495 e. The fourth-order valence-corrected chi connectivity index (χ4v) is 4.37. The number of para-hydroxylation sites is 1. The van der Waals surface area contributed by atoms with Crippen molar-refractivity contribution >= 4 is 34.6 Å².